The highest BCUT2D eigenvalue weighted by atomic mass is 32.2. The lowest BCUT2D eigenvalue weighted by Crippen LogP contribution is -2.53. The summed E-state index contributed by atoms with van der Waals surface area (Å²) in [4.78, 5) is 13.5. The van der Waals surface area contributed by atoms with Crippen molar-refractivity contribution in [2.24, 2.45) is 0 Å². The van der Waals surface area contributed by atoms with Crippen molar-refractivity contribution in [3.05, 3.63) is 0 Å². The number of likely N-dealkylation sites (N-methyl/N-ethyl adjacent to an activating group) is 1. The van der Waals surface area contributed by atoms with Crippen LogP contribution in [-0.2, 0) is 14.6 Å². The second kappa shape index (κ2) is 4.94. The van der Waals surface area contributed by atoms with Crippen LogP contribution in [0.5, 0.6) is 0 Å². The van der Waals surface area contributed by atoms with E-state index in [9.17, 15) is 18.3 Å². The molecule has 0 radical (unpaired) electrons. The van der Waals surface area contributed by atoms with Crippen LogP contribution >= 0.6 is 0 Å². The van der Waals surface area contributed by atoms with Gasteiger partial charge in [0.15, 0.2) is 9.84 Å². The molecule has 0 rings (SSSR count). The van der Waals surface area contributed by atoms with Gasteiger partial charge in [-0.15, -0.1) is 0 Å². The summed E-state index contributed by atoms with van der Waals surface area (Å²) in [6.45, 7) is 8.16. The van der Waals surface area contributed by atoms with Crippen molar-refractivity contribution in [2.45, 2.75) is 45.0 Å². The zero-order chi connectivity index (χ0) is 14.1. The van der Waals surface area contributed by atoms with E-state index in [4.69, 9.17) is 0 Å². The molecule has 6 heteroatoms. The summed E-state index contributed by atoms with van der Waals surface area (Å²) in [5.41, 5.74) is -1.04. The van der Waals surface area contributed by atoms with E-state index in [-0.39, 0.29) is 6.54 Å². The number of hydrogen-bond donors (Lipinski definition) is 1. The molecule has 0 atom stereocenters. The van der Waals surface area contributed by atoms with Gasteiger partial charge in [0.1, 0.15) is 4.75 Å². The van der Waals surface area contributed by atoms with Gasteiger partial charge in [0, 0.05) is 19.3 Å². The molecule has 0 aliphatic carbocycles. The van der Waals surface area contributed by atoms with Gasteiger partial charge in [0.2, 0.25) is 5.91 Å². The lowest BCUT2D eigenvalue weighted by Gasteiger charge is -2.33. The summed E-state index contributed by atoms with van der Waals surface area (Å²) in [5.74, 6) is -0.482. The summed E-state index contributed by atoms with van der Waals surface area (Å²) in [5, 5.41) is 9.69. The zero-order valence-corrected chi connectivity index (χ0v) is 12.3. The first-order chi connectivity index (χ1) is 7.33. The third-order valence-electron chi connectivity index (χ3n) is 2.69. The molecule has 0 aliphatic heterocycles. The molecule has 0 aromatic heterocycles. The molecule has 0 spiro atoms. The van der Waals surface area contributed by atoms with Crippen molar-refractivity contribution < 1.29 is 18.3 Å². The molecule has 0 fully saturated rings. The highest BCUT2D eigenvalue weighted by molar-refractivity contribution is 7.92. The van der Waals surface area contributed by atoms with E-state index in [1.54, 1.807) is 20.8 Å². The number of carbonyl (C=O) groups is 1. The van der Waals surface area contributed by atoms with Gasteiger partial charge in [0.05, 0.1) is 5.60 Å². The van der Waals surface area contributed by atoms with E-state index in [1.165, 1.54) is 18.7 Å². The van der Waals surface area contributed by atoms with E-state index in [0.29, 0.717) is 6.54 Å². The van der Waals surface area contributed by atoms with Crippen molar-refractivity contribution >= 4 is 15.7 Å². The average molecular weight is 265 g/mol. The fourth-order valence-corrected chi connectivity index (χ4v) is 1.78. The third-order valence-corrected chi connectivity index (χ3v) is 4.72. The minimum absolute atomic E-state index is 0.112. The lowest BCUT2D eigenvalue weighted by atomic mass is 10.1. The quantitative estimate of drug-likeness (QED) is 0.782. The average Bonchev–Trinajstić information content (AvgIpc) is 2.09. The Hall–Kier alpha value is -0.620. The minimum atomic E-state index is -3.49. The topological polar surface area (TPSA) is 74.7 Å². The molecule has 0 aliphatic rings. The lowest BCUT2D eigenvalue weighted by molar-refractivity contribution is -0.135. The van der Waals surface area contributed by atoms with Crippen molar-refractivity contribution in [1.29, 1.82) is 0 Å². The Morgan fingerprint density at radius 3 is 1.88 bits per heavy atom. The normalized spacial score (nSPS) is 13.6. The first kappa shape index (κ1) is 16.4. The number of rotatable bonds is 5. The van der Waals surface area contributed by atoms with Crippen LogP contribution in [0, 0.1) is 0 Å². The van der Waals surface area contributed by atoms with Gasteiger partial charge < -0.3 is 10.0 Å². The van der Waals surface area contributed by atoms with Crippen LogP contribution in [-0.4, -0.2) is 54.0 Å². The molecule has 5 nitrogen and oxygen atoms in total. The van der Waals surface area contributed by atoms with Crippen LogP contribution in [0.4, 0.5) is 0 Å². The predicted molar refractivity (Wildman–Crippen MR) is 67.5 cm³/mol. The Bertz CT molecular complexity index is 379. The Labute approximate surface area is 104 Å². The number of hydrogen-bond acceptors (Lipinski definition) is 4. The molecule has 0 saturated carbocycles. The number of sulfone groups is 1. The smallest absolute Gasteiger partial charge is 0.243 e. The molecule has 0 heterocycles. The van der Waals surface area contributed by atoms with Crippen LogP contribution in [0.2, 0.25) is 0 Å². The maximum absolute atomic E-state index is 12.2. The standard InChI is InChI=1S/C11H23NO4S/c1-7-12(8-10(2,3)14)9(13)11(4,5)17(6,15)16/h14H,7-8H2,1-6H3. The van der Waals surface area contributed by atoms with Gasteiger partial charge in [-0.25, -0.2) is 8.42 Å². The second-order valence-corrected chi connectivity index (χ2v) is 7.98. The van der Waals surface area contributed by atoms with Crippen LogP contribution in [0.3, 0.4) is 0 Å². The molecule has 1 N–H and O–H groups in total. The van der Waals surface area contributed by atoms with Gasteiger partial charge in [-0.1, -0.05) is 0 Å². The number of aliphatic hydroxyl groups is 1. The first-order valence-corrected chi connectivity index (χ1v) is 7.43. The summed E-state index contributed by atoms with van der Waals surface area (Å²) in [7, 11) is -3.49. The number of amides is 1. The van der Waals surface area contributed by atoms with Crippen LogP contribution < -0.4 is 0 Å². The third kappa shape index (κ3) is 4.27. The summed E-state index contributed by atoms with van der Waals surface area (Å²) in [6, 6.07) is 0. The second-order valence-electron chi connectivity index (χ2n) is 5.41. The Kier molecular flexibility index (Phi) is 4.76. The van der Waals surface area contributed by atoms with Gasteiger partial charge in [-0.3, -0.25) is 4.79 Å². The summed E-state index contributed by atoms with van der Waals surface area (Å²) in [6.07, 6.45) is 1.04. The van der Waals surface area contributed by atoms with Crippen LogP contribution in [0.1, 0.15) is 34.6 Å². The van der Waals surface area contributed by atoms with E-state index in [2.05, 4.69) is 0 Å². The molecule has 0 bridgehead atoms. The summed E-state index contributed by atoms with van der Waals surface area (Å²) < 4.78 is 21.7. The molecule has 102 valence electrons. The van der Waals surface area contributed by atoms with Crippen molar-refractivity contribution in [1.82, 2.24) is 4.90 Å². The molecule has 0 aromatic rings. The molecule has 0 saturated heterocycles. The molecule has 1 amide bonds. The minimum Gasteiger partial charge on any atom is -0.389 e. The fraction of sp³-hybridized carbons (Fsp3) is 0.909. The van der Waals surface area contributed by atoms with Crippen molar-refractivity contribution in [3.8, 4) is 0 Å². The number of carbonyl (C=O) groups excluding carboxylic acids is 1. The zero-order valence-electron chi connectivity index (χ0n) is 11.4. The van der Waals surface area contributed by atoms with Gasteiger partial charge in [-0.05, 0) is 34.6 Å². The van der Waals surface area contributed by atoms with Crippen molar-refractivity contribution in [3.63, 3.8) is 0 Å². The SMILES string of the molecule is CCN(CC(C)(C)O)C(=O)C(C)(C)S(C)(=O)=O. The highest BCUT2D eigenvalue weighted by Crippen LogP contribution is 2.20. The van der Waals surface area contributed by atoms with Gasteiger partial charge >= 0.3 is 0 Å². The molecule has 17 heavy (non-hydrogen) atoms. The van der Waals surface area contributed by atoms with E-state index >= 15 is 0 Å². The monoisotopic (exact) mass is 265 g/mol. The highest BCUT2D eigenvalue weighted by Gasteiger charge is 2.41. The predicted octanol–water partition coefficient (Wildman–Crippen LogP) is 0.429. The molecular formula is C11H23NO4S. The van der Waals surface area contributed by atoms with Gasteiger partial charge in [-0.2, -0.15) is 0 Å². The van der Waals surface area contributed by atoms with Crippen molar-refractivity contribution in [2.75, 3.05) is 19.3 Å². The Balaban J connectivity index is 5.15. The van der Waals surface area contributed by atoms with Crippen LogP contribution in [0.25, 0.3) is 0 Å². The van der Waals surface area contributed by atoms with E-state index < -0.39 is 26.1 Å². The first-order valence-electron chi connectivity index (χ1n) is 5.54. The summed E-state index contributed by atoms with van der Waals surface area (Å²) >= 11 is 0. The Morgan fingerprint density at radius 2 is 1.65 bits per heavy atom. The van der Waals surface area contributed by atoms with E-state index in [1.807, 2.05) is 0 Å². The largest absolute Gasteiger partial charge is 0.389 e. The van der Waals surface area contributed by atoms with Gasteiger partial charge in [0.25, 0.3) is 0 Å². The van der Waals surface area contributed by atoms with Crippen LogP contribution in [0.15, 0.2) is 0 Å². The Morgan fingerprint density at radius 1 is 1.24 bits per heavy atom. The maximum atomic E-state index is 12.2. The molecular weight excluding hydrogens is 242 g/mol. The van der Waals surface area contributed by atoms with E-state index in [0.717, 1.165) is 6.26 Å². The molecule has 0 aromatic carbocycles. The number of nitrogens with zero attached hydrogens (tertiary/aromatic N) is 1. The maximum Gasteiger partial charge on any atom is 0.243 e. The fourth-order valence-electron chi connectivity index (χ4n) is 1.33. The molecule has 0 unspecified atom stereocenters.